The summed E-state index contributed by atoms with van der Waals surface area (Å²) in [5.74, 6) is 1.49. The first-order chi connectivity index (χ1) is 12.4. The minimum absolute atomic E-state index is 0.269. The Kier molecular flexibility index (Phi) is 8.15. The lowest BCUT2D eigenvalue weighted by molar-refractivity contribution is -0.127. The fourth-order valence-corrected chi connectivity index (χ4v) is 4.28. The average molecular weight is 388 g/mol. The molecule has 0 unspecified atom stereocenters. The van der Waals surface area contributed by atoms with Crippen LogP contribution in [0.5, 0.6) is 0 Å². The molecule has 0 aromatic carbocycles. The maximum absolute atomic E-state index is 11.6. The van der Waals surface area contributed by atoms with Crippen molar-refractivity contribution in [3.05, 3.63) is 0 Å². The molecule has 0 aliphatic carbocycles. The van der Waals surface area contributed by atoms with Gasteiger partial charge in [0.1, 0.15) is 0 Å². The molecule has 8 nitrogen and oxygen atoms in total. The SMILES string of the molecule is CCNC(=NCC1CCN(S(C)(=O)=O)CC1)NCCCN1CCCC1=O. The van der Waals surface area contributed by atoms with E-state index in [0.29, 0.717) is 32.0 Å². The molecule has 2 N–H and O–H groups in total. The number of nitrogens with one attached hydrogen (secondary N) is 2. The number of rotatable bonds is 8. The third-order valence-corrected chi connectivity index (χ3v) is 6.27. The number of amides is 1. The molecule has 1 amide bonds. The lowest BCUT2D eigenvalue weighted by Gasteiger charge is -2.29. The molecule has 0 spiro atoms. The van der Waals surface area contributed by atoms with E-state index in [-0.39, 0.29) is 5.91 Å². The van der Waals surface area contributed by atoms with Gasteiger partial charge in [0, 0.05) is 52.2 Å². The van der Waals surface area contributed by atoms with E-state index in [2.05, 4.69) is 15.6 Å². The van der Waals surface area contributed by atoms with Crippen molar-refractivity contribution in [3.8, 4) is 0 Å². The van der Waals surface area contributed by atoms with E-state index in [0.717, 1.165) is 57.8 Å². The number of sulfonamides is 1. The highest BCUT2D eigenvalue weighted by molar-refractivity contribution is 7.88. The van der Waals surface area contributed by atoms with Crippen molar-refractivity contribution in [3.63, 3.8) is 0 Å². The van der Waals surface area contributed by atoms with E-state index >= 15 is 0 Å². The topological polar surface area (TPSA) is 94.1 Å². The highest BCUT2D eigenvalue weighted by atomic mass is 32.2. The number of likely N-dealkylation sites (tertiary alicyclic amines) is 1. The Morgan fingerprint density at radius 1 is 1.23 bits per heavy atom. The Morgan fingerprint density at radius 3 is 2.54 bits per heavy atom. The molecule has 2 aliphatic rings. The highest BCUT2D eigenvalue weighted by Crippen LogP contribution is 2.19. The lowest BCUT2D eigenvalue weighted by Crippen LogP contribution is -2.40. The smallest absolute Gasteiger partial charge is 0.222 e. The summed E-state index contributed by atoms with van der Waals surface area (Å²) < 4.78 is 24.7. The summed E-state index contributed by atoms with van der Waals surface area (Å²) in [5.41, 5.74) is 0. The second-order valence-electron chi connectivity index (χ2n) is 7.09. The standard InChI is InChI=1S/C17H33N5O3S/c1-3-18-17(19-9-5-11-21-10-4-6-16(21)23)20-14-15-7-12-22(13-8-15)26(2,24)25/h15H,3-14H2,1-2H3,(H2,18,19,20). The van der Waals surface area contributed by atoms with Gasteiger partial charge in [-0.15, -0.1) is 0 Å². The van der Waals surface area contributed by atoms with Gasteiger partial charge in [0.15, 0.2) is 5.96 Å². The van der Waals surface area contributed by atoms with Crippen LogP contribution in [0, 0.1) is 5.92 Å². The van der Waals surface area contributed by atoms with Gasteiger partial charge in [-0.05, 0) is 38.5 Å². The first-order valence-corrected chi connectivity index (χ1v) is 11.5. The van der Waals surface area contributed by atoms with E-state index < -0.39 is 10.0 Å². The zero-order valence-corrected chi connectivity index (χ0v) is 16.9. The molecule has 0 aromatic heterocycles. The Balaban J connectivity index is 1.70. The first kappa shape index (κ1) is 21.0. The Morgan fingerprint density at radius 2 is 1.96 bits per heavy atom. The fraction of sp³-hybridized carbons (Fsp3) is 0.882. The van der Waals surface area contributed by atoms with Gasteiger partial charge in [-0.25, -0.2) is 12.7 Å². The molecule has 26 heavy (non-hydrogen) atoms. The van der Waals surface area contributed by atoms with Gasteiger partial charge in [-0.2, -0.15) is 0 Å². The van der Waals surface area contributed by atoms with E-state index in [9.17, 15) is 13.2 Å². The minimum Gasteiger partial charge on any atom is -0.357 e. The normalized spacial score (nSPS) is 20.6. The van der Waals surface area contributed by atoms with Crippen LogP contribution in [0.15, 0.2) is 4.99 Å². The summed E-state index contributed by atoms with van der Waals surface area (Å²) in [4.78, 5) is 18.2. The van der Waals surface area contributed by atoms with Gasteiger partial charge in [-0.3, -0.25) is 9.79 Å². The minimum atomic E-state index is -3.07. The van der Waals surface area contributed by atoms with Crippen LogP contribution in [0.4, 0.5) is 0 Å². The van der Waals surface area contributed by atoms with Crippen molar-refractivity contribution in [2.45, 2.75) is 39.0 Å². The zero-order valence-electron chi connectivity index (χ0n) is 16.0. The van der Waals surface area contributed by atoms with Crippen LogP contribution in [0.25, 0.3) is 0 Å². The summed E-state index contributed by atoms with van der Waals surface area (Å²) in [5, 5.41) is 6.57. The molecule has 2 heterocycles. The number of aliphatic imine (C=N–C) groups is 1. The van der Waals surface area contributed by atoms with Gasteiger partial charge < -0.3 is 15.5 Å². The molecule has 2 saturated heterocycles. The Bertz CT molecular complexity index is 585. The number of piperidine rings is 1. The lowest BCUT2D eigenvalue weighted by atomic mass is 9.98. The van der Waals surface area contributed by atoms with Gasteiger partial charge in [-0.1, -0.05) is 0 Å². The molecule has 0 saturated carbocycles. The molecule has 150 valence electrons. The first-order valence-electron chi connectivity index (χ1n) is 9.65. The number of nitrogens with zero attached hydrogens (tertiary/aromatic N) is 3. The zero-order chi connectivity index (χ0) is 19.0. The van der Waals surface area contributed by atoms with Crippen molar-refractivity contribution in [2.75, 3.05) is 52.1 Å². The molecule has 0 atom stereocenters. The van der Waals surface area contributed by atoms with E-state index in [4.69, 9.17) is 0 Å². The maximum Gasteiger partial charge on any atom is 0.222 e. The van der Waals surface area contributed by atoms with Gasteiger partial charge in [0.05, 0.1) is 6.26 Å². The van der Waals surface area contributed by atoms with Crippen molar-refractivity contribution in [2.24, 2.45) is 10.9 Å². The number of carbonyl (C=O) groups is 1. The Labute approximate surface area is 157 Å². The summed E-state index contributed by atoms with van der Waals surface area (Å²) in [7, 11) is -3.07. The number of hydrogen-bond acceptors (Lipinski definition) is 4. The van der Waals surface area contributed by atoms with Crippen molar-refractivity contribution in [1.29, 1.82) is 0 Å². The van der Waals surface area contributed by atoms with Gasteiger partial charge >= 0.3 is 0 Å². The second-order valence-corrected chi connectivity index (χ2v) is 9.07. The Hall–Kier alpha value is -1.35. The average Bonchev–Trinajstić information content (AvgIpc) is 3.01. The van der Waals surface area contributed by atoms with Crippen LogP contribution >= 0.6 is 0 Å². The molecule has 2 rings (SSSR count). The molecule has 0 bridgehead atoms. The largest absolute Gasteiger partial charge is 0.357 e. The number of hydrogen-bond donors (Lipinski definition) is 2. The third kappa shape index (κ3) is 6.75. The quantitative estimate of drug-likeness (QED) is 0.353. The van der Waals surface area contributed by atoms with Crippen molar-refractivity contribution in [1.82, 2.24) is 19.8 Å². The van der Waals surface area contributed by atoms with E-state index in [1.165, 1.54) is 6.26 Å². The monoisotopic (exact) mass is 387 g/mol. The van der Waals surface area contributed by atoms with Crippen molar-refractivity contribution < 1.29 is 13.2 Å². The third-order valence-electron chi connectivity index (χ3n) is 4.96. The summed E-state index contributed by atoms with van der Waals surface area (Å²) in [6, 6.07) is 0. The predicted molar refractivity (Wildman–Crippen MR) is 104 cm³/mol. The molecule has 9 heteroatoms. The van der Waals surface area contributed by atoms with Crippen LogP contribution in [0.1, 0.15) is 39.0 Å². The molecule has 0 aromatic rings. The van der Waals surface area contributed by atoms with Gasteiger partial charge in [0.25, 0.3) is 0 Å². The van der Waals surface area contributed by atoms with Crippen molar-refractivity contribution >= 4 is 21.9 Å². The molecule has 0 radical (unpaired) electrons. The van der Waals surface area contributed by atoms with Crippen LogP contribution < -0.4 is 10.6 Å². The summed E-state index contributed by atoms with van der Waals surface area (Å²) in [6.45, 7) is 7.18. The second kappa shape index (κ2) is 10.1. The number of guanidine groups is 1. The fourth-order valence-electron chi connectivity index (χ4n) is 3.40. The maximum atomic E-state index is 11.6. The number of carbonyl (C=O) groups excluding carboxylic acids is 1. The van der Waals surface area contributed by atoms with Crippen LogP contribution in [0.3, 0.4) is 0 Å². The van der Waals surface area contributed by atoms with Crippen LogP contribution in [0.2, 0.25) is 0 Å². The van der Waals surface area contributed by atoms with Crippen LogP contribution in [-0.4, -0.2) is 81.6 Å². The highest BCUT2D eigenvalue weighted by Gasteiger charge is 2.24. The molecule has 2 fully saturated rings. The van der Waals surface area contributed by atoms with Gasteiger partial charge in [0.2, 0.25) is 15.9 Å². The molecular formula is C17H33N5O3S. The summed E-state index contributed by atoms with van der Waals surface area (Å²) >= 11 is 0. The van der Waals surface area contributed by atoms with E-state index in [1.807, 2.05) is 11.8 Å². The molecule has 2 aliphatic heterocycles. The predicted octanol–water partition coefficient (Wildman–Crippen LogP) is 0.226. The van der Waals surface area contributed by atoms with Crippen LogP contribution in [-0.2, 0) is 14.8 Å². The van der Waals surface area contributed by atoms with E-state index in [1.54, 1.807) is 4.31 Å². The summed E-state index contributed by atoms with van der Waals surface area (Å²) in [6.07, 6.45) is 5.56. The molecular weight excluding hydrogens is 354 g/mol.